The van der Waals surface area contributed by atoms with E-state index in [4.69, 9.17) is 54.8 Å². The fourth-order valence-electron chi connectivity index (χ4n) is 19.1. The molecule has 18 rings (SSSR count). The molecule has 0 fully saturated rings. The Hall–Kier alpha value is -14.1. The Balaban J connectivity index is 0.608. The largest absolute Gasteiger partial charge is 0.493 e. The van der Waals surface area contributed by atoms with E-state index in [9.17, 15) is 0 Å². The molecule has 0 atom stereocenters. The van der Waals surface area contributed by atoms with E-state index in [1.165, 1.54) is 55.7 Å². The van der Waals surface area contributed by atoms with Crippen molar-refractivity contribution in [2.75, 3.05) is 27.9 Å². The summed E-state index contributed by atoms with van der Waals surface area (Å²) in [6.45, 7) is 36.6. The van der Waals surface area contributed by atoms with Crippen molar-refractivity contribution in [3.05, 3.63) is 280 Å². The number of aromatic nitrogens is 14. The number of terminal acetylenes is 1. The predicted octanol–water partition coefficient (Wildman–Crippen LogP) is 23.4. The Labute approximate surface area is 741 Å². The van der Waals surface area contributed by atoms with Gasteiger partial charge in [0, 0.05) is 44.2 Å². The lowest BCUT2D eigenvalue weighted by atomic mass is 9.94. The minimum Gasteiger partial charge on any atom is -0.493 e. The van der Waals surface area contributed by atoms with Gasteiger partial charge in [0.05, 0.1) is 103 Å². The first kappa shape index (κ1) is 83.8. The van der Waals surface area contributed by atoms with Crippen LogP contribution in [0.4, 0.5) is 0 Å². The van der Waals surface area contributed by atoms with E-state index in [2.05, 4.69) is 273 Å². The van der Waals surface area contributed by atoms with Gasteiger partial charge in [0.1, 0.15) is 31.2 Å². The van der Waals surface area contributed by atoms with Crippen LogP contribution in [0.2, 0.25) is 0 Å². The molecule has 1 aliphatic carbocycles. The summed E-state index contributed by atoms with van der Waals surface area (Å²) in [6, 6.07) is 43.3. The van der Waals surface area contributed by atoms with Crippen LogP contribution >= 0.6 is 0 Å². The van der Waals surface area contributed by atoms with Gasteiger partial charge < -0.3 is 48.4 Å². The highest BCUT2D eigenvalue weighted by Crippen LogP contribution is 2.47. The van der Waals surface area contributed by atoms with E-state index in [-0.39, 0.29) is 19.8 Å². The minimum absolute atomic E-state index is 0.0749. The average Bonchev–Trinajstić information content (AvgIpc) is 1.61. The van der Waals surface area contributed by atoms with E-state index >= 15 is 0 Å². The van der Waals surface area contributed by atoms with E-state index in [0.29, 0.717) is 78.2 Å². The Morgan fingerprint density at radius 1 is 0.354 bits per heavy atom. The van der Waals surface area contributed by atoms with Gasteiger partial charge in [-0.3, -0.25) is 0 Å². The molecule has 0 amide bonds. The molecule has 8 aromatic heterocycles. The molecule has 4 N–H and O–H groups in total. The molecule has 642 valence electrons. The number of nitrogens with zero attached hydrogens (tertiary/aromatic N) is 10. The van der Waals surface area contributed by atoms with Crippen LogP contribution in [0.3, 0.4) is 0 Å². The number of allylic oxidation sites excluding steroid dienone is 8. The smallest absolute Gasteiger partial charge is 0.162 e. The number of benzene rings is 5. The second kappa shape index (κ2) is 34.1. The molecular weight excluding hydrogens is 1580 g/mol. The van der Waals surface area contributed by atoms with E-state index in [1.807, 2.05) is 27.8 Å². The van der Waals surface area contributed by atoms with Gasteiger partial charge in [0.15, 0.2) is 34.5 Å². The van der Waals surface area contributed by atoms with Crippen LogP contribution in [0.25, 0.3) is 111 Å². The second-order valence-electron chi connectivity index (χ2n) is 34.3. The molecule has 20 heteroatoms. The van der Waals surface area contributed by atoms with Crippen LogP contribution in [0.5, 0.6) is 34.5 Å². The van der Waals surface area contributed by atoms with Crippen molar-refractivity contribution in [3.8, 4) is 69.1 Å². The van der Waals surface area contributed by atoms with Crippen molar-refractivity contribution in [1.29, 1.82) is 0 Å². The standard InChI is InChI=1S/C107H108N14O6/c1-21-34-125-99-41-75-35-73-39-97(123-19)101(127-55-79-53-121(119-117-79)51-69-28-32-71(33-29-69)103-106-62(12)58(8)86(114-106)46-90-66(16)82(24-4)94(110-90)49-95-83(25-5)67(17)91(111-95)47-87-59(9)63(13)107(103)115-87)43-77(73)37-74-40-98(124-20)100(42-76(74)36-72(75)38-96(99)122-18)126-54-78-52-120(118-116-78)50-68-26-30-70(31-27-68)102-104-60(10)56(6)84(112-104)44-88-64(14)80(22-2)92(108-88)48-93-81(23-3)65(15)89(109-93)45-85-57(7)61(11)105(102)113-85/h1,26-33,38-49,52-53,108,110,113,115H,22-25,34-37,50-51,54-55H2,2-20H3. The number of aryl methyl sites for hydroxylation is 8. The first-order valence-electron chi connectivity index (χ1n) is 44.1. The zero-order valence-corrected chi connectivity index (χ0v) is 76.2. The molecule has 0 unspecified atom stereocenters. The molecule has 13 aromatic rings. The summed E-state index contributed by atoms with van der Waals surface area (Å²) in [5.74, 6) is 6.03. The normalized spacial score (nSPS) is 13.2. The number of aromatic amines is 4. The van der Waals surface area contributed by atoms with Gasteiger partial charge in [0.2, 0.25) is 0 Å². The fourth-order valence-corrected chi connectivity index (χ4v) is 19.1. The highest BCUT2D eigenvalue weighted by Gasteiger charge is 2.29. The Bertz CT molecular complexity index is 6920. The van der Waals surface area contributed by atoms with Gasteiger partial charge in [-0.05, 0) is 346 Å². The third-order valence-electron chi connectivity index (χ3n) is 27.0. The molecule has 5 aromatic carbocycles. The monoisotopic (exact) mass is 1680 g/mol. The zero-order chi connectivity index (χ0) is 88.7. The van der Waals surface area contributed by atoms with Crippen LogP contribution in [0.1, 0.15) is 228 Å². The topological polar surface area (TPSA) is 232 Å². The van der Waals surface area contributed by atoms with Gasteiger partial charge in [-0.1, -0.05) is 92.6 Å². The third-order valence-corrected chi connectivity index (χ3v) is 27.0. The lowest BCUT2D eigenvalue weighted by Crippen LogP contribution is -2.04. The van der Waals surface area contributed by atoms with E-state index in [0.717, 1.165) is 216 Å². The van der Waals surface area contributed by atoms with E-state index < -0.39 is 0 Å². The van der Waals surface area contributed by atoms with Gasteiger partial charge >= 0.3 is 0 Å². The minimum atomic E-state index is 0.0749. The van der Waals surface area contributed by atoms with Gasteiger partial charge in [-0.2, -0.15) is 0 Å². The predicted molar refractivity (Wildman–Crippen MR) is 511 cm³/mol. The molecule has 0 saturated carbocycles. The zero-order valence-electron chi connectivity index (χ0n) is 76.2. The number of methoxy groups -OCH3 is 3. The Morgan fingerprint density at radius 3 is 1.04 bits per heavy atom. The van der Waals surface area contributed by atoms with E-state index in [1.54, 1.807) is 21.3 Å². The van der Waals surface area contributed by atoms with Crippen molar-refractivity contribution in [2.24, 2.45) is 0 Å². The lowest BCUT2D eigenvalue weighted by Gasteiger charge is -2.18. The third kappa shape index (κ3) is 15.4. The molecule has 0 saturated heterocycles. The first-order valence-corrected chi connectivity index (χ1v) is 44.1. The van der Waals surface area contributed by atoms with Gasteiger partial charge in [-0.25, -0.2) is 29.3 Å². The van der Waals surface area contributed by atoms with Gasteiger partial charge in [0.25, 0.3) is 0 Å². The molecule has 5 aliphatic rings. The highest BCUT2D eigenvalue weighted by molar-refractivity contribution is 6.03. The maximum atomic E-state index is 6.75. The lowest BCUT2D eigenvalue weighted by molar-refractivity contribution is 0.279. The van der Waals surface area contributed by atoms with Crippen molar-refractivity contribution in [3.63, 3.8) is 0 Å². The van der Waals surface area contributed by atoms with Gasteiger partial charge in [-0.15, -0.1) is 16.6 Å². The summed E-state index contributed by atoms with van der Waals surface area (Å²) >= 11 is 0. The summed E-state index contributed by atoms with van der Waals surface area (Å²) in [5, 5.41) is 18.6. The Morgan fingerprint density at radius 2 is 0.693 bits per heavy atom. The van der Waals surface area contributed by atoms with Crippen LogP contribution in [-0.4, -0.2) is 97.8 Å². The first-order chi connectivity index (χ1) is 61.4. The van der Waals surface area contributed by atoms with Crippen LogP contribution in [-0.2, 0) is 58.4 Å². The summed E-state index contributed by atoms with van der Waals surface area (Å²) < 4.78 is 41.7. The average molecular weight is 1690 g/mol. The molecule has 16 bridgehead atoms. The summed E-state index contributed by atoms with van der Waals surface area (Å²) in [7, 11) is 4.98. The number of rotatable bonds is 21. The van der Waals surface area contributed by atoms with Crippen LogP contribution in [0.15, 0.2) is 134 Å². The molecule has 0 radical (unpaired) electrons. The second-order valence-corrected chi connectivity index (χ2v) is 34.3. The summed E-state index contributed by atoms with van der Waals surface area (Å²) in [6.07, 6.45) is 14.8. The number of H-pyrrole nitrogens is 4. The van der Waals surface area contributed by atoms with Crippen LogP contribution in [0, 0.1) is 53.9 Å². The van der Waals surface area contributed by atoms with Crippen molar-refractivity contribution < 1.29 is 28.4 Å². The number of fused-ring (bicyclic) bond motifs is 19. The van der Waals surface area contributed by atoms with Crippen molar-refractivity contribution >= 4 is 88.7 Å². The Kier molecular flexibility index (Phi) is 22.5. The molecular formula is C107H108N14O6. The van der Waals surface area contributed by atoms with Crippen LogP contribution < -0.4 is 28.4 Å². The molecule has 4 aliphatic heterocycles. The quantitative estimate of drug-likeness (QED) is 0.0490. The molecule has 0 spiro atoms. The number of nitrogens with one attached hydrogen (secondary N) is 4. The number of ether oxygens (including phenoxy) is 6. The summed E-state index contributed by atoms with van der Waals surface area (Å²) in [4.78, 5) is 37.1. The fraction of sp³-hybridized carbons (Fsp3) is 0.290. The maximum Gasteiger partial charge on any atom is 0.162 e. The number of hydrogen-bond donors (Lipinski definition) is 4. The SMILES string of the molecule is C#CCOc1cc2c(cc1OC)Cc1cc(OCc3cn(Cc4ccc(-c5c6nc(cc7[nH]c(cc8nc(cc9[nH]c5c(C)c9C)C(C)=C8CC)c(CC)c7C)C(C)=C6C)cc4)nn3)c(OC)cc1Cc1cc(OCc3cn(Cc4ccc(-c5c6nc(cc7[nH]c(cc8nc(cc9[nH]c5c(C)c9C)C(C)=C8CC)c(CC)c7C)C(C)=C6C)cc4)nn3)c(OC)cc1C2. The highest BCUT2D eigenvalue weighted by atomic mass is 16.5. The number of hydrogen-bond acceptors (Lipinski definition) is 14. The molecule has 127 heavy (non-hydrogen) atoms. The maximum absolute atomic E-state index is 6.75. The summed E-state index contributed by atoms with van der Waals surface area (Å²) in [5.41, 5.74) is 49.1. The van der Waals surface area contributed by atoms with Crippen molar-refractivity contribution in [2.45, 2.75) is 182 Å². The molecule has 20 nitrogen and oxygen atoms in total. The van der Waals surface area contributed by atoms with Crippen molar-refractivity contribution in [1.82, 2.24) is 69.9 Å². The molecule has 12 heterocycles.